The molecule has 2 aromatic carbocycles. The predicted octanol–water partition coefficient (Wildman–Crippen LogP) is 9.08. The van der Waals surface area contributed by atoms with Crippen molar-refractivity contribution in [1.29, 1.82) is 5.26 Å². The Kier molecular flexibility index (Phi) is 7.10. The minimum absolute atomic E-state index is 0.0630. The summed E-state index contributed by atoms with van der Waals surface area (Å²) in [6, 6.07) is 19.3. The van der Waals surface area contributed by atoms with Crippen molar-refractivity contribution in [3.05, 3.63) is 105 Å². The maximum atomic E-state index is 9.33. The molecule has 4 heterocycles. The Hall–Kier alpha value is -4.43. The number of allylic oxidation sites excluding steroid dienone is 1. The Bertz CT molecular complexity index is 2090. The molecule has 0 unspecified atom stereocenters. The van der Waals surface area contributed by atoms with E-state index in [2.05, 4.69) is 58.2 Å². The molecule has 9 heteroatoms. The summed E-state index contributed by atoms with van der Waals surface area (Å²) in [5.74, 6) is 0.0630. The van der Waals surface area contributed by atoms with E-state index in [1.807, 2.05) is 66.7 Å². The quantitative estimate of drug-likeness (QED) is 0.155. The summed E-state index contributed by atoms with van der Waals surface area (Å²) in [5.41, 5.74) is 2.11. The third kappa shape index (κ3) is 4.75. The number of benzene rings is 2. The fourth-order valence-electron chi connectivity index (χ4n) is 5.10. The molecule has 0 saturated heterocycles. The minimum atomic E-state index is -0.823. The molecule has 42 heavy (non-hydrogen) atoms. The standard InChI is InChI=1S/C33H24N4O2S3/c1-33(2)24(30(36-4)31(39-33)25(18-34)35-3)11-10-22-14-20-15-23-28(16-27(20)40-22)41-29-17-26(42-32(23)29)19-6-8-21(9-7-19)37(5)12-13-38/h6-11,14-17,38H,12-13H2,1-2,5H3/b11-10+,31-25+. The van der Waals surface area contributed by atoms with Gasteiger partial charge in [0.05, 0.1) is 30.5 Å². The topological polar surface area (TPSA) is 65.2 Å². The number of nitrogens with zero attached hydrogens (tertiary/aromatic N) is 4. The summed E-state index contributed by atoms with van der Waals surface area (Å²) in [6.45, 7) is 19.4. The number of hydrogen-bond acceptors (Lipinski definition) is 7. The first-order valence-electron chi connectivity index (χ1n) is 13.1. The number of likely N-dealkylation sites (N-methyl/N-ethyl adjacent to an activating group) is 1. The number of fused-ring (bicyclic) bond motifs is 4. The van der Waals surface area contributed by atoms with Crippen LogP contribution in [0.25, 0.3) is 55.8 Å². The fourth-order valence-corrected chi connectivity index (χ4v) is 8.70. The zero-order valence-electron chi connectivity index (χ0n) is 23.1. The van der Waals surface area contributed by atoms with Crippen LogP contribution in [-0.2, 0) is 4.74 Å². The highest BCUT2D eigenvalue weighted by molar-refractivity contribution is 7.34. The van der Waals surface area contributed by atoms with Gasteiger partial charge in [0.2, 0.25) is 5.70 Å². The van der Waals surface area contributed by atoms with Crippen molar-refractivity contribution in [3.63, 3.8) is 0 Å². The fraction of sp³-hybridized carbons (Fsp3) is 0.182. The first kappa shape index (κ1) is 27.7. The molecule has 6 nitrogen and oxygen atoms in total. The van der Waals surface area contributed by atoms with Gasteiger partial charge in [0.15, 0.2) is 0 Å². The first-order chi connectivity index (χ1) is 20.3. The molecule has 1 aliphatic rings. The molecule has 0 atom stereocenters. The van der Waals surface area contributed by atoms with Gasteiger partial charge in [-0.15, -0.1) is 34.0 Å². The van der Waals surface area contributed by atoms with Crippen molar-refractivity contribution >= 4 is 75.3 Å². The lowest BCUT2D eigenvalue weighted by molar-refractivity contribution is 0.0952. The number of nitriles is 1. The molecule has 1 N–H and O–H groups in total. The van der Waals surface area contributed by atoms with Crippen LogP contribution in [0.1, 0.15) is 18.7 Å². The number of hydrogen-bond donors (Lipinski definition) is 1. The Morgan fingerprint density at radius 1 is 1.05 bits per heavy atom. The second-order valence-electron chi connectivity index (χ2n) is 10.4. The van der Waals surface area contributed by atoms with Crippen LogP contribution in [0, 0.1) is 24.5 Å². The average Bonchev–Trinajstić information content (AvgIpc) is 3.71. The van der Waals surface area contributed by atoms with Crippen molar-refractivity contribution in [2.24, 2.45) is 0 Å². The van der Waals surface area contributed by atoms with Crippen LogP contribution < -0.4 is 4.90 Å². The van der Waals surface area contributed by atoms with Crippen LogP contribution in [0.4, 0.5) is 5.69 Å². The number of aliphatic hydroxyl groups excluding tert-OH is 1. The maximum Gasteiger partial charge on any atom is 0.292 e. The molecule has 0 radical (unpaired) electrons. The Morgan fingerprint density at radius 3 is 2.52 bits per heavy atom. The third-order valence-corrected chi connectivity index (χ3v) is 10.8. The molecule has 206 valence electrons. The highest BCUT2D eigenvalue weighted by Crippen LogP contribution is 2.46. The van der Waals surface area contributed by atoms with Gasteiger partial charge in [0.1, 0.15) is 11.4 Å². The Labute approximate surface area is 255 Å². The highest BCUT2D eigenvalue weighted by Gasteiger charge is 2.38. The van der Waals surface area contributed by atoms with Gasteiger partial charge in [-0.3, -0.25) is 0 Å². The lowest BCUT2D eigenvalue weighted by Gasteiger charge is -2.21. The van der Waals surface area contributed by atoms with E-state index in [9.17, 15) is 10.4 Å². The average molecular weight is 605 g/mol. The first-order valence-corrected chi connectivity index (χ1v) is 15.5. The molecule has 3 aromatic heterocycles. The molecule has 1 aliphatic heterocycles. The van der Waals surface area contributed by atoms with E-state index >= 15 is 0 Å². The summed E-state index contributed by atoms with van der Waals surface area (Å²) in [5, 5.41) is 21.0. The highest BCUT2D eigenvalue weighted by atomic mass is 32.1. The van der Waals surface area contributed by atoms with Gasteiger partial charge >= 0.3 is 0 Å². The van der Waals surface area contributed by atoms with E-state index in [1.165, 1.54) is 40.0 Å². The van der Waals surface area contributed by atoms with Crippen LogP contribution in [0.15, 0.2) is 77.3 Å². The number of ether oxygens (including phenoxy) is 1. The number of rotatable bonds is 6. The number of thiophene rings is 3. The van der Waals surface area contributed by atoms with E-state index in [4.69, 9.17) is 17.9 Å². The summed E-state index contributed by atoms with van der Waals surface area (Å²) >= 11 is 5.31. The van der Waals surface area contributed by atoms with Gasteiger partial charge in [-0.1, -0.05) is 18.2 Å². The lowest BCUT2D eigenvalue weighted by Crippen LogP contribution is -2.20. The van der Waals surface area contributed by atoms with Crippen molar-refractivity contribution in [2.75, 3.05) is 25.1 Å². The van der Waals surface area contributed by atoms with E-state index in [-0.39, 0.29) is 23.8 Å². The third-order valence-electron chi connectivity index (χ3n) is 7.26. The van der Waals surface area contributed by atoms with E-state index in [1.54, 1.807) is 11.3 Å². The zero-order valence-corrected chi connectivity index (χ0v) is 25.5. The van der Waals surface area contributed by atoms with Gasteiger partial charge < -0.3 is 14.7 Å². The van der Waals surface area contributed by atoms with Gasteiger partial charge in [0.25, 0.3) is 5.70 Å². The largest absolute Gasteiger partial charge is 0.505 e. The monoisotopic (exact) mass is 604 g/mol. The van der Waals surface area contributed by atoms with Crippen LogP contribution >= 0.6 is 34.0 Å². The molecular formula is C33H24N4O2S3. The number of anilines is 1. The smallest absolute Gasteiger partial charge is 0.292 e. The van der Waals surface area contributed by atoms with Crippen molar-refractivity contribution in [2.45, 2.75) is 19.4 Å². The normalized spacial score (nSPS) is 15.7. The summed E-state index contributed by atoms with van der Waals surface area (Å²) < 4.78 is 10.9. The second kappa shape index (κ2) is 10.8. The van der Waals surface area contributed by atoms with Crippen molar-refractivity contribution in [3.8, 4) is 16.5 Å². The van der Waals surface area contributed by atoms with Crippen LogP contribution in [-0.4, -0.2) is 30.9 Å². The minimum Gasteiger partial charge on any atom is -0.505 e. The van der Waals surface area contributed by atoms with Gasteiger partial charge in [-0.05, 0) is 67.3 Å². The van der Waals surface area contributed by atoms with E-state index in [0.29, 0.717) is 12.1 Å². The predicted molar refractivity (Wildman–Crippen MR) is 175 cm³/mol. The summed E-state index contributed by atoms with van der Waals surface area (Å²) in [7, 11) is 1.98. The van der Waals surface area contributed by atoms with E-state index in [0.717, 1.165) is 10.6 Å². The maximum absolute atomic E-state index is 9.33. The van der Waals surface area contributed by atoms with Gasteiger partial charge in [-0.2, -0.15) is 0 Å². The SMILES string of the molecule is [C-]#[N+]C1=C(/C=C/c2cc3cc4c(cc3s2)sc2cc(-c3ccc(N(C)CCO)cc3)sc24)C(C)(C)O/C1=C(\C#N)[N+]#[C-]. The van der Waals surface area contributed by atoms with Gasteiger partial charge in [-0.25, -0.2) is 15.0 Å². The Morgan fingerprint density at radius 2 is 1.83 bits per heavy atom. The molecule has 5 aromatic rings. The molecular weight excluding hydrogens is 581 g/mol. The van der Waals surface area contributed by atoms with Crippen LogP contribution in [0.3, 0.4) is 0 Å². The molecule has 0 amide bonds. The Balaban J connectivity index is 1.33. The number of aliphatic hydroxyl groups is 1. The molecule has 6 rings (SSSR count). The van der Waals surface area contributed by atoms with Crippen LogP contribution in [0.2, 0.25) is 0 Å². The second-order valence-corrected chi connectivity index (χ2v) is 13.6. The molecule has 0 bridgehead atoms. The van der Waals surface area contributed by atoms with Crippen LogP contribution in [0.5, 0.6) is 0 Å². The molecule has 0 aliphatic carbocycles. The zero-order chi connectivity index (χ0) is 29.6. The summed E-state index contributed by atoms with van der Waals surface area (Å²) in [6.07, 6.45) is 3.86. The molecule has 0 spiro atoms. The van der Waals surface area contributed by atoms with Crippen molar-refractivity contribution < 1.29 is 9.84 Å². The molecule has 0 fully saturated rings. The van der Waals surface area contributed by atoms with E-state index < -0.39 is 5.60 Å². The van der Waals surface area contributed by atoms with Crippen molar-refractivity contribution in [1.82, 2.24) is 0 Å². The van der Waals surface area contributed by atoms with Gasteiger partial charge in [0, 0.05) is 54.1 Å². The lowest BCUT2D eigenvalue weighted by atomic mass is 9.97. The summed E-state index contributed by atoms with van der Waals surface area (Å²) in [4.78, 5) is 11.2. The molecule has 0 saturated carbocycles.